The minimum atomic E-state index is -0.766. The van der Waals surface area contributed by atoms with E-state index in [1.54, 1.807) is 35.1 Å². The average molecular weight is 588 g/mol. The summed E-state index contributed by atoms with van der Waals surface area (Å²) in [6, 6.07) is 2.72. The van der Waals surface area contributed by atoms with Crippen molar-refractivity contribution in [3.8, 4) is 11.3 Å². The fraction of sp³-hybridized carbons (Fsp3) is 0.571. The van der Waals surface area contributed by atoms with Gasteiger partial charge in [0.2, 0.25) is 0 Å². The Balaban J connectivity index is 0.00000181. The van der Waals surface area contributed by atoms with Gasteiger partial charge in [-0.2, -0.15) is 0 Å². The van der Waals surface area contributed by atoms with Crippen molar-refractivity contribution in [2.45, 2.75) is 65.7 Å². The second-order valence-corrected chi connectivity index (χ2v) is 12.3. The summed E-state index contributed by atoms with van der Waals surface area (Å²) in [6.07, 6.45) is 5.95. The molecule has 2 saturated heterocycles. The number of hydrogen-bond acceptors (Lipinski definition) is 10. The highest BCUT2D eigenvalue weighted by Gasteiger charge is 2.27. The van der Waals surface area contributed by atoms with Gasteiger partial charge in [0.1, 0.15) is 11.9 Å². The van der Waals surface area contributed by atoms with Gasteiger partial charge in [0, 0.05) is 78.4 Å². The van der Waals surface area contributed by atoms with E-state index in [0.717, 1.165) is 50.5 Å². The van der Waals surface area contributed by atoms with E-state index in [1.807, 2.05) is 13.8 Å². The molecule has 1 amide bonds. The van der Waals surface area contributed by atoms with Gasteiger partial charge in [-0.3, -0.25) is 29.7 Å². The summed E-state index contributed by atoms with van der Waals surface area (Å²) in [4.78, 5) is 42.4. The molecule has 0 spiro atoms. The Morgan fingerprint density at radius 3 is 2.58 bits per heavy atom. The van der Waals surface area contributed by atoms with Gasteiger partial charge in [0.15, 0.2) is 5.13 Å². The number of thiazole rings is 1. The van der Waals surface area contributed by atoms with Crippen LogP contribution in [0.5, 0.6) is 0 Å². The number of aliphatic imine (C=N–C) groups is 1. The molecule has 2 aromatic rings. The van der Waals surface area contributed by atoms with Gasteiger partial charge in [-0.15, -0.1) is 11.3 Å². The van der Waals surface area contributed by atoms with Crippen LogP contribution in [0.15, 0.2) is 28.3 Å². The molecule has 5 rings (SSSR count). The Morgan fingerprint density at radius 1 is 1.20 bits per heavy atom. The zero-order valence-electron chi connectivity index (χ0n) is 23.9. The predicted molar refractivity (Wildman–Crippen MR) is 163 cm³/mol. The summed E-state index contributed by atoms with van der Waals surface area (Å²) in [7, 11) is 0. The molecule has 3 N–H and O–H groups in total. The number of carbonyl (C=O) groups is 2. The van der Waals surface area contributed by atoms with Crippen molar-refractivity contribution < 1.29 is 14.7 Å². The highest BCUT2D eigenvalue weighted by molar-refractivity contribution is 7.16. The van der Waals surface area contributed by atoms with Crippen LogP contribution >= 0.6 is 22.7 Å². The van der Waals surface area contributed by atoms with Gasteiger partial charge in [0.05, 0.1) is 12.1 Å². The average Bonchev–Trinajstić information content (AvgIpc) is 3.69. The Hall–Kier alpha value is -2.64. The lowest BCUT2D eigenvalue weighted by atomic mass is 10.2. The molecule has 0 bridgehead atoms. The summed E-state index contributed by atoms with van der Waals surface area (Å²) in [5, 5.41) is 17.9. The van der Waals surface area contributed by atoms with E-state index in [9.17, 15) is 9.59 Å². The van der Waals surface area contributed by atoms with Crippen molar-refractivity contribution in [1.82, 2.24) is 25.0 Å². The Labute approximate surface area is 244 Å². The van der Waals surface area contributed by atoms with Crippen molar-refractivity contribution in [2.24, 2.45) is 4.99 Å². The topological polar surface area (TPSA) is 113 Å². The molecule has 2 aromatic heterocycles. The maximum absolute atomic E-state index is 13.0. The number of amides is 1. The molecule has 0 aliphatic carbocycles. The SMILES string of the molecule is CC.Cc1cc(-c2nc(NC(=O)C3=CNC(N4CCN(CCC(=O)O)CC4)C=N3)sc2CN2CCCC2C)cs1. The van der Waals surface area contributed by atoms with E-state index >= 15 is 0 Å². The lowest BCUT2D eigenvalue weighted by Gasteiger charge is -2.38. The fourth-order valence-corrected chi connectivity index (χ4v) is 6.81. The molecule has 2 unspecified atom stereocenters. The zero-order chi connectivity index (χ0) is 28.6. The van der Waals surface area contributed by atoms with Crippen LogP contribution in [0.1, 0.15) is 49.8 Å². The molecule has 0 radical (unpaired) electrons. The molecule has 2 fully saturated rings. The largest absolute Gasteiger partial charge is 0.481 e. The number of aliphatic carboxylic acids is 1. The van der Waals surface area contributed by atoms with E-state index in [1.165, 1.54) is 22.6 Å². The number of carboxylic acid groups (broad SMARTS) is 1. The van der Waals surface area contributed by atoms with Gasteiger partial charge < -0.3 is 15.3 Å². The number of likely N-dealkylation sites (tertiary alicyclic amines) is 1. The van der Waals surface area contributed by atoms with Gasteiger partial charge in [0.25, 0.3) is 5.91 Å². The van der Waals surface area contributed by atoms with Crippen LogP contribution in [-0.4, -0.2) is 94.4 Å². The summed E-state index contributed by atoms with van der Waals surface area (Å²) in [5.41, 5.74) is 2.38. The second-order valence-electron chi connectivity index (χ2n) is 10.1. The van der Waals surface area contributed by atoms with E-state index < -0.39 is 5.97 Å². The number of aromatic nitrogens is 1. The van der Waals surface area contributed by atoms with Crippen LogP contribution in [0.25, 0.3) is 11.3 Å². The number of piperazine rings is 1. The molecule has 0 aromatic carbocycles. The Kier molecular flexibility index (Phi) is 10.8. The smallest absolute Gasteiger partial charge is 0.304 e. The van der Waals surface area contributed by atoms with Crippen molar-refractivity contribution in [3.05, 3.63) is 33.1 Å². The maximum atomic E-state index is 13.0. The lowest BCUT2D eigenvalue weighted by Crippen LogP contribution is -2.55. The van der Waals surface area contributed by atoms with Crippen molar-refractivity contribution in [1.29, 1.82) is 0 Å². The first-order valence-corrected chi connectivity index (χ1v) is 15.8. The van der Waals surface area contributed by atoms with Crippen LogP contribution in [0, 0.1) is 6.92 Å². The molecule has 10 nitrogen and oxygen atoms in total. The van der Waals surface area contributed by atoms with Crippen LogP contribution in [0.4, 0.5) is 5.13 Å². The van der Waals surface area contributed by atoms with Gasteiger partial charge >= 0.3 is 5.97 Å². The molecule has 218 valence electrons. The van der Waals surface area contributed by atoms with Gasteiger partial charge in [-0.1, -0.05) is 25.2 Å². The van der Waals surface area contributed by atoms with Crippen molar-refractivity contribution in [2.75, 3.05) is 44.6 Å². The molecule has 40 heavy (non-hydrogen) atoms. The minimum Gasteiger partial charge on any atom is -0.481 e. The second kappa shape index (κ2) is 14.3. The first kappa shape index (κ1) is 30.3. The highest BCUT2D eigenvalue weighted by Crippen LogP contribution is 2.36. The molecular formula is C28H41N7O3S2. The highest BCUT2D eigenvalue weighted by atomic mass is 32.1. The number of thiophene rings is 1. The number of nitrogens with zero attached hydrogens (tertiary/aromatic N) is 5. The van der Waals surface area contributed by atoms with Gasteiger partial charge in [-0.05, 0) is 39.3 Å². The molecule has 0 saturated carbocycles. The Morgan fingerprint density at radius 2 is 1.98 bits per heavy atom. The number of carbonyl (C=O) groups excluding carboxylic acids is 1. The lowest BCUT2D eigenvalue weighted by molar-refractivity contribution is -0.137. The molecular weight excluding hydrogens is 546 g/mol. The number of aryl methyl sites for hydroxylation is 1. The third-order valence-electron chi connectivity index (χ3n) is 7.38. The van der Waals surface area contributed by atoms with Crippen LogP contribution in [0.2, 0.25) is 0 Å². The molecule has 12 heteroatoms. The third kappa shape index (κ3) is 7.76. The van der Waals surface area contributed by atoms with E-state index in [0.29, 0.717) is 23.4 Å². The summed E-state index contributed by atoms with van der Waals surface area (Å²) in [5.74, 6) is -1.05. The van der Waals surface area contributed by atoms with Crippen LogP contribution < -0.4 is 10.6 Å². The molecule has 3 aliphatic heterocycles. The molecule has 5 heterocycles. The maximum Gasteiger partial charge on any atom is 0.304 e. The normalized spacial score (nSPS) is 21.9. The molecule has 3 aliphatic rings. The van der Waals surface area contributed by atoms with E-state index in [2.05, 4.69) is 55.6 Å². The molecule has 2 atom stereocenters. The first-order valence-electron chi connectivity index (χ1n) is 14.1. The minimum absolute atomic E-state index is 0.0875. The van der Waals surface area contributed by atoms with Gasteiger partial charge in [-0.25, -0.2) is 4.98 Å². The van der Waals surface area contributed by atoms with Crippen molar-refractivity contribution >= 4 is 45.9 Å². The predicted octanol–water partition coefficient (Wildman–Crippen LogP) is 4.06. The number of hydrogen-bond donors (Lipinski definition) is 3. The number of carboxylic acids is 1. The zero-order valence-corrected chi connectivity index (χ0v) is 25.5. The van der Waals surface area contributed by atoms with Crippen molar-refractivity contribution in [3.63, 3.8) is 0 Å². The summed E-state index contributed by atoms with van der Waals surface area (Å²) < 4.78 is 0. The number of rotatable bonds is 9. The number of anilines is 1. The number of nitrogens with one attached hydrogen (secondary N) is 2. The monoisotopic (exact) mass is 587 g/mol. The standard InChI is InChI=1S/C26H35N7O3S2.C2H6/c1-17-4-3-6-33(17)15-21-24(19-12-18(2)37-16-19)29-26(38-21)30-25(36)20-13-28-22(14-27-20)32-10-8-31(9-11-32)7-5-23(34)35;1-2/h12-14,16-17,22,28H,3-11,15H2,1-2H3,(H,34,35)(H,29,30,36);1-2H3. The Bertz CT molecular complexity index is 1220. The third-order valence-corrected chi connectivity index (χ3v) is 9.20. The summed E-state index contributed by atoms with van der Waals surface area (Å²) in [6.45, 7) is 14.1. The quantitative estimate of drug-likeness (QED) is 0.403. The van der Waals surface area contributed by atoms with Crippen LogP contribution in [-0.2, 0) is 16.1 Å². The van der Waals surface area contributed by atoms with E-state index in [4.69, 9.17) is 10.1 Å². The first-order chi connectivity index (χ1) is 19.4. The van der Waals surface area contributed by atoms with E-state index in [-0.39, 0.29) is 18.5 Å². The van der Waals surface area contributed by atoms with Crippen LogP contribution in [0.3, 0.4) is 0 Å². The fourth-order valence-electron chi connectivity index (χ4n) is 5.12. The summed E-state index contributed by atoms with van der Waals surface area (Å²) >= 11 is 3.25.